The first-order valence-corrected chi connectivity index (χ1v) is 9.98. The lowest BCUT2D eigenvalue weighted by atomic mass is 9.98. The maximum Gasteiger partial charge on any atom is 0.339 e. The van der Waals surface area contributed by atoms with E-state index in [0.29, 0.717) is 39.3 Å². The van der Waals surface area contributed by atoms with Crippen molar-refractivity contribution in [3.63, 3.8) is 0 Å². The van der Waals surface area contributed by atoms with E-state index >= 15 is 0 Å². The number of nitrogens with one attached hydrogen (secondary N) is 1. The predicted octanol–water partition coefficient (Wildman–Crippen LogP) is 4.94. The molecule has 0 saturated carbocycles. The fourth-order valence-corrected chi connectivity index (χ4v) is 3.34. The van der Waals surface area contributed by atoms with Gasteiger partial charge in [0, 0.05) is 22.5 Å². The smallest absolute Gasteiger partial charge is 0.339 e. The Morgan fingerprint density at radius 2 is 1.93 bits per heavy atom. The molecule has 0 bridgehead atoms. The highest BCUT2D eigenvalue weighted by Crippen LogP contribution is 2.31. The molecule has 1 amide bonds. The van der Waals surface area contributed by atoms with Crippen molar-refractivity contribution in [1.82, 2.24) is 10.3 Å². The summed E-state index contributed by atoms with van der Waals surface area (Å²) < 4.78 is 5.32. The van der Waals surface area contributed by atoms with Gasteiger partial charge in [-0.2, -0.15) is 0 Å². The molecule has 0 spiro atoms. The van der Waals surface area contributed by atoms with Crippen molar-refractivity contribution in [2.24, 2.45) is 0 Å². The van der Waals surface area contributed by atoms with Crippen LogP contribution in [0.25, 0.3) is 22.2 Å². The number of para-hydroxylation sites is 1. The third kappa shape index (κ3) is 4.93. The summed E-state index contributed by atoms with van der Waals surface area (Å²) in [6, 6.07) is 14.7. The van der Waals surface area contributed by atoms with E-state index in [1.54, 1.807) is 6.07 Å². The van der Waals surface area contributed by atoms with Crippen LogP contribution in [-0.4, -0.2) is 30.0 Å². The van der Waals surface area contributed by atoms with Crippen LogP contribution in [0.3, 0.4) is 0 Å². The van der Waals surface area contributed by atoms with E-state index in [0.717, 1.165) is 18.4 Å². The van der Waals surface area contributed by atoms with E-state index < -0.39 is 5.97 Å². The molecule has 1 aromatic heterocycles. The Balaban J connectivity index is 1.95. The monoisotopic (exact) mass is 410 g/mol. The summed E-state index contributed by atoms with van der Waals surface area (Å²) in [7, 11) is 0. The van der Waals surface area contributed by atoms with Gasteiger partial charge in [0.05, 0.1) is 16.8 Å². The SMILES string of the molecule is CCCCNC(=O)COC(=O)c1c(C)c(-c2cccc(Cl)c2)nc2ccccc12. The third-order valence-electron chi connectivity index (χ3n) is 4.62. The van der Waals surface area contributed by atoms with Gasteiger partial charge in [0.1, 0.15) is 0 Å². The Labute approximate surface area is 175 Å². The predicted molar refractivity (Wildman–Crippen MR) is 115 cm³/mol. The molecule has 0 aliphatic carbocycles. The van der Waals surface area contributed by atoms with Gasteiger partial charge in [0.25, 0.3) is 5.91 Å². The Kier molecular flexibility index (Phi) is 6.83. The molecule has 0 radical (unpaired) electrons. The number of halogens is 1. The highest BCUT2D eigenvalue weighted by atomic mass is 35.5. The summed E-state index contributed by atoms with van der Waals surface area (Å²) >= 11 is 6.14. The summed E-state index contributed by atoms with van der Waals surface area (Å²) in [5.41, 5.74) is 3.24. The Morgan fingerprint density at radius 1 is 1.14 bits per heavy atom. The molecule has 0 aliphatic rings. The van der Waals surface area contributed by atoms with Gasteiger partial charge in [0.15, 0.2) is 6.61 Å². The number of fused-ring (bicyclic) bond motifs is 1. The first kappa shape index (κ1) is 20.8. The largest absolute Gasteiger partial charge is 0.452 e. The molecule has 0 fully saturated rings. The number of hydrogen-bond donors (Lipinski definition) is 1. The number of rotatable bonds is 7. The van der Waals surface area contributed by atoms with Gasteiger partial charge >= 0.3 is 5.97 Å². The number of amides is 1. The lowest BCUT2D eigenvalue weighted by molar-refractivity contribution is -0.124. The van der Waals surface area contributed by atoms with Crippen molar-refractivity contribution in [3.8, 4) is 11.3 Å². The van der Waals surface area contributed by atoms with Crippen LogP contribution in [0.2, 0.25) is 5.02 Å². The third-order valence-corrected chi connectivity index (χ3v) is 4.86. The minimum atomic E-state index is -0.546. The second-order valence-electron chi connectivity index (χ2n) is 6.77. The quantitative estimate of drug-likeness (QED) is 0.442. The number of carbonyl (C=O) groups is 2. The first-order valence-electron chi connectivity index (χ1n) is 9.60. The van der Waals surface area contributed by atoms with Crippen LogP contribution in [0.1, 0.15) is 35.7 Å². The van der Waals surface area contributed by atoms with Gasteiger partial charge in [-0.3, -0.25) is 4.79 Å². The molecule has 1 heterocycles. The van der Waals surface area contributed by atoms with Gasteiger partial charge in [0.2, 0.25) is 0 Å². The molecule has 150 valence electrons. The number of benzene rings is 2. The summed E-state index contributed by atoms with van der Waals surface area (Å²) in [6.07, 6.45) is 1.87. The van der Waals surface area contributed by atoms with E-state index in [4.69, 9.17) is 21.3 Å². The van der Waals surface area contributed by atoms with Gasteiger partial charge in [-0.25, -0.2) is 9.78 Å². The second kappa shape index (κ2) is 9.52. The summed E-state index contributed by atoms with van der Waals surface area (Å²) in [5.74, 6) is -0.854. The highest BCUT2D eigenvalue weighted by Gasteiger charge is 2.21. The number of unbranched alkanes of at least 4 members (excludes halogenated alkanes) is 1. The molecule has 0 unspecified atom stereocenters. The van der Waals surface area contributed by atoms with Gasteiger partial charge in [-0.1, -0.05) is 55.3 Å². The Hall–Kier alpha value is -2.92. The molecule has 6 heteroatoms. The normalized spacial score (nSPS) is 10.7. The van der Waals surface area contributed by atoms with E-state index in [1.807, 2.05) is 56.3 Å². The van der Waals surface area contributed by atoms with Crippen LogP contribution in [0.15, 0.2) is 48.5 Å². The topological polar surface area (TPSA) is 68.3 Å². The number of hydrogen-bond acceptors (Lipinski definition) is 4. The molecular formula is C23H23ClN2O3. The molecule has 0 atom stereocenters. The van der Waals surface area contributed by atoms with Crippen LogP contribution in [-0.2, 0) is 9.53 Å². The van der Waals surface area contributed by atoms with E-state index in [9.17, 15) is 9.59 Å². The number of carbonyl (C=O) groups excluding carboxylic acids is 2. The molecule has 3 rings (SSSR count). The van der Waals surface area contributed by atoms with Crippen molar-refractivity contribution in [2.75, 3.05) is 13.2 Å². The molecular weight excluding hydrogens is 388 g/mol. The summed E-state index contributed by atoms with van der Waals surface area (Å²) in [6.45, 7) is 4.13. The van der Waals surface area contributed by atoms with Gasteiger partial charge in [-0.15, -0.1) is 0 Å². The Bertz CT molecular complexity index is 1050. The average molecular weight is 411 g/mol. The molecule has 0 saturated heterocycles. The van der Waals surface area contributed by atoms with Crippen molar-refractivity contribution in [3.05, 3.63) is 64.7 Å². The molecule has 5 nitrogen and oxygen atoms in total. The van der Waals surface area contributed by atoms with E-state index in [1.165, 1.54) is 0 Å². The van der Waals surface area contributed by atoms with E-state index in [-0.39, 0.29) is 12.5 Å². The lowest BCUT2D eigenvalue weighted by Crippen LogP contribution is -2.29. The molecule has 2 aromatic carbocycles. The second-order valence-corrected chi connectivity index (χ2v) is 7.20. The maximum absolute atomic E-state index is 12.9. The van der Waals surface area contributed by atoms with Crippen molar-refractivity contribution in [2.45, 2.75) is 26.7 Å². The molecule has 29 heavy (non-hydrogen) atoms. The minimum absolute atomic E-state index is 0.308. The average Bonchev–Trinajstić information content (AvgIpc) is 2.72. The fourth-order valence-electron chi connectivity index (χ4n) is 3.15. The summed E-state index contributed by atoms with van der Waals surface area (Å²) in [4.78, 5) is 29.5. The van der Waals surface area contributed by atoms with Crippen molar-refractivity contribution in [1.29, 1.82) is 0 Å². The highest BCUT2D eigenvalue weighted by molar-refractivity contribution is 6.30. The molecule has 1 N–H and O–H groups in total. The standard InChI is InChI=1S/C23H23ClN2O3/c1-3-4-12-25-20(27)14-29-23(28)21-15(2)22(16-8-7-9-17(24)13-16)26-19-11-6-5-10-18(19)21/h5-11,13H,3-4,12,14H2,1-2H3,(H,25,27). The minimum Gasteiger partial charge on any atom is -0.452 e. The number of pyridine rings is 1. The number of ether oxygens (including phenoxy) is 1. The number of nitrogens with zero attached hydrogens (tertiary/aromatic N) is 1. The zero-order valence-corrected chi connectivity index (χ0v) is 17.3. The molecule has 0 aliphatic heterocycles. The van der Waals surface area contributed by atoms with Gasteiger partial charge in [-0.05, 0) is 37.1 Å². The zero-order valence-electron chi connectivity index (χ0n) is 16.5. The number of esters is 1. The van der Waals surface area contributed by atoms with E-state index in [2.05, 4.69) is 5.32 Å². The summed E-state index contributed by atoms with van der Waals surface area (Å²) in [5, 5.41) is 4.02. The Morgan fingerprint density at radius 3 is 2.69 bits per heavy atom. The number of aromatic nitrogens is 1. The van der Waals surface area contributed by atoms with Crippen LogP contribution >= 0.6 is 11.6 Å². The first-order chi connectivity index (χ1) is 14.0. The van der Waals surface area contributed by atoms with Gasteiger partial charge < -0.3 is 10.1 Å². The van der Waals surface area contributed by atoms with Crippen LogP contribution in [0, 0.1) is 6.92 Å². The fraction of sp³-hybridized carbons (Fsp3) is 0.261. The lowest BCUT2D eigenvalue weighted by Gasteiger charge is -2.14. The van der Waals surface area contributed by atoms with Crippen LogP contribution in [0.4, 0.5) is 0 Å². The maximum atomic E-state index is 12.9. The van der Waals surface area contributed by atoms with Crippen molar-refractivity contribution >= 4 is 34.4 Å². The van der Waals surface area contributed by atoms with Crippen molar-refractivity contribution < 1.29 is 14.3 Å². The van der Waals surface area contributed by atoms with Crippen LogP contribution in [0.5, 0.6) is 0 Å². The van der Waals surface area contributed by atoms with Crippen LogP contribution < -0.4 is 5.32 Å². The molecule has 3 aromatic rings. The zero-order chi connectivity index (χ0) is 20.8.